The number of hydrogen-bond donors (Lipinski definition) is 0. The number of hydrogen-bond acceptors (Lipinski definition) is 2. The largest absolute Gasteiger partial charge is 0.459 e. The van der Waals surface area contributed by atoms with Crippen molar-refractivity contribution in [1.29, 1.82) is 0 Å². The molecule has 0 aliphatic carbocycles. The van der Waals surface area contributed by atoms with Crippen LogP contribution in [0.3, 0.4) is 0 Å². The first-order valence-corrected chi connectivity index (χ1v) is 4.54. The van der Waals surface area contributed by atoms with Gasteiger partial charge in [-0.2, -0.15) is 0 Å². The normalized spacial score (nSPS) is 20.8. The number of halogens is 1. The number of carbonyl (C=O) groups is 1. The number of rotatable bonds is 0. The van der Waals surface area contributed by atoms with Crippen LogP contribution in [0.15, 0.2) is 18.2 Å². The number of fused-ring (bicyclic) bond motifs is 1. The lowest BCUT2D eigenvalue weighted by Crippen LogP contribution is -2.25. The first kappa shape index (κ1) is 8.57. The van der Waals surface area contributed by atoms with Crippen LogP contribution >= 0.6 is 11.6 Å². The number of esters is 1. The van der Waals surface area contributed by atoms with Crippen molar-refractivity contribution in [2.75, 3.05) is 0 Å². The van der Waals surface area contributed by atoms with Crippen molar-refractivity contribution in [3.63, 3.8) is 0 Å². The Bertz CT molecular complexity index is 360. The van der Waals surface area contributed by atoms with E-state index in [9.17, 15) is 4.79 Å². The molecule has 0 N–H and O–H groups in total. The molecule has 3 heteroatoms. The summed E-state index contributed by atoms with van der Waals surface area (Å²) in [5.74, 6) is -0.267. The Labute approximate surface area is 81.5 Å². The van der Waals surface area contributed by atoms with E-state index in [0.29, 0.717) is 17.0 Å². The van der Waals surface area contributed by atoms with Crippen LogP contribution in [0, 0.1) is 0 Å². The Morgan fingerprint density at radius 1 is 1.54 bits per heavy atom. The van der Waals surface area contributed by atoms with Gasteiger partial charge in [0.1, 0.15) is 6.10 Å². The quantitative estimate of drug-likeness (QED) is 0.596. The monoisotopic (exact) mass is 196 g/mol. The number of cyclic esters (lactones) is 1. The van der Waals surface area contributed by atoms with Gasteiger partial charge < -0.3 is 4.74 Å². The van der Waals surface area contributed by atoms with Gasteiger partial charge >= 0.3 is 5.97 Å². The van der Waals surface area contributed by atoms with Gasteiger partial charge in [0.2, 0.25) is 0 Å². The molecule has 13 heavy (non-hydrogen) atoms. The van der Waals surface area contributed by atoms with Crippen LogP contribution in [0.2, 0.25) is 5.02 Å². The Kier molecular flexibility index (Phi) is 2.00. The summed E-state index contributed by atoms with van der Waals surface area (Å²) >= 11 is 5.97. The molecular weight excluding hydrogens is 188 g/mol. The molecule has 0 fully saturated rings. The van der Waals surface area contributed by atoms with Gasteiger partial charge in [0.15, 0.2) is 0 Å². The van der Waals surface area contributed by atoms with E-state index in [1.54, 1.807) is 18.2 Å². The molecule has 1 aliphatic rings. The van der Waals surface area contributed by atoms with E-state index in [1.807, 2.05) is 6.92 Å². The minimum absolute atomic E-state index is 0.0695. The summed E-state index contributed by atoms with van der Waals surface area (Å²) in [5, 5.41) is 0.654. The number of carbonyl (C=O) groups excluding carboxylic acids is 1. The van der Waals surface area contributed by atoms with Crippen LogP contribution in [0.4, 0.5) is 0 Å². The average Bonchev–Trinajstić information content (AvgIpc) is 2.07. The molecule has 1 aromatic carbocycles. The molecule has 0 spiro atoms. The highest BCUT2D eigenvalue weighted by atomic mass is 35.5. The number of benzene rings is 1. The maximum atomic E-state index is 11.4. The van der Waals surface area contributed by atoms with Crippen molar-refractivity contribution in [2.24, 2.45) is 0 Å². The van der Waals surface area contributed by atoms with Crippen LogP contribution in [0.5, 0.6) is 0 Å². The zero-order chi connectivity index (χ0) is 9.42. The van der Waals surface area contributed by atoms with E-state index >= 15 is 0 Å². The standard InChI is InChI=1S/C10H9ClO2/c1-6-5-8-7(10(12)13-6)3-2-4-9(8)11/h2-4,6H,5H2,1H3. The van der Waals surface area contributed by atoms with Crippen molar-refractivity contribution in [1.82, 2.24) is 0 Å². The van der Waals surface area contributed by atoms with Crippen LogP contribution < -0.4 is 0 Å². The van der Waals surface area contributed by atoms with Crippen LogP contribution in [-0.4, -0.2) is 12.1 Å². The molecule has 2 nitrogen and oxygen atoms in total. The molecule has 1 aliphatic heterocycles. The fraction of sp³-hybridized carbons (Fsp3) is 0.300. The maximum absolute atomic E-state index is 11.4. The van der Waals surface area contributed by atoms with E-state index in [-0.39, 0.29) is 12.1 Å². The van der Waals surface area contributed by atoms with Gasteiger partial charge in [-0.3, -0.25) is 0 Å². The molecule has 0 amide bonds. The molecule has 0 radical (unpaired) electrons. The molecule has 1 aromatic rings. The highest BCUT2D eigenvalue weighted by molar-refractivity contribution is 6.31. The van der Waals surface area contributed by atoms with E-state index in [2.05, 4.69) is 0 Å². The molecule has 0 bridgehead atoms. The zero-order valence-corrected chi connectivity index (χ0v) is 7.97. The lowest BCUT2D eigenvalue weighted by atomic mass is 9.99. The smallest absolute Gasteiger partial charge is 0.338 e. The van der Waals surface area contributed by atoms with Crippen molar-refractivity contribution in [3.05, 3.63) is 34.3 Å². The van der Waals surface area contributed by atoms with Crippen molar-refractivity contribution >= 4 is 17.6 Å². The summed E-state index contributed by atoms with van der Waals surface area (Å²) in [7, 11) is 0. The van der Waals surface area contributed by atoms with Gasteiger partial charge in [-0.15, -0.1) is 0 Å². The minimum atomic E-state index is -0.267. The summed E-state index contributed by atoms with van der Waals surface area (Å²) in [6.07, 6.45) is 0.640. The topological polar surface area (TPSA) is 26.3 Å². The predicted octanol–water partition coefficient (Wildman–Crippen LogP) is 2.44. The van der Waals surface area contributed by atoms with Gasteiger partial charge in [-0.1, -0.05) is 17.7 Å². The summed E-state index contributed by atoms with van der Waals surface area (Å²) in [5.41, 5.74) is 1.51. The Morgan fingerprint density at radius 2 is 2.31 bits per heavy atom. The second-order valence-corrected chi connectivity index (χ2v) is 3.59. The van der Waals surface area contributed by atoms with Gasteiger partial charge in [-0.05, 0) is 24.6 Å². The first-order chi connectivity index (χ1) is 6.18. The van der Waals surface area contributed by atoms with Gasteiger partial charge in [0, 0.05) is 11.4 Å². The third-order valence-corrected chi connectivity index (χ3v) is 2.49. The van der Waals surface area contributed by atoms with E-state index in [4.69, 9.17) is 16.3 Å². The van der Waals surface area contributed by atoms with Gasteiger partial charge in [-0.25, -0.2) is 4.79 Å². The molecule has 1 heterocycles. The summed E-state index contributed by atoms with van der Waals surface area (Å²) in [4.78, 5) is 11.4. The van der Waals surface area contributed by atoms with Crippen molar-refractivity contribution < 1.29 is 9.53 Å². The Balaban J connectivity index is 2.55. The van der Waals surface area contributed by atoms with Gasteiger partial charge in [0.25, 0.3) is 0 Å². The molecular formula is C10H9ClO2. The van der Waals surface area contributed by atoms with E-state index < -0.39 is 0 Å². The summed E-state index contributed by atoms with van der Waals surface area (Å²) in [6.45, 7) is 1.87. The van der Waals surface area contributed by atoms with Crippen molar-refractivity contribution in [2.45, 2.75) is 19.4 Å². The lowest BCUT2D eigenvalue weighted by Gasteiger charge is -2.22. The molecule has 2 rings (SSSR count). The van der Waals surface area contributed by atoms with Crippen LogP contribution in [0.1, 0.15) is 22.8 Å². The second-order valence-electron chi connectivity index (χ2n) is 3.19. The van der Waals surface area contributed by atoms with Gasteiger partial charge in [0.05, 0.1) is 5.56 Å². The molecule has 0 aromatic heterocycles. The third-order valence-electron chi connectivity index (χ3n) is 2.14. The molecule has 1 atom stereocenters. The zero-order valence-electron chi connectivity index (χ0n) is 7.21. The minimum Gasteiger partial charge on any atom is -0.459 e. The van der Waals surface area contributed by atoms with Crippen LogP contribution in [0.25, 0.3) is 0 Å². The summed E-state index contributed by atoms with van der Waals surface area (Å²) < 4.78 is 5.07. The molecule has 0 saturated heterocycles. The highest BCUT2D eigenvalue weighted by Gasteiger charge is 2.24. The number of ether oxygens (including phenoxy) is 1. The molecule has 1 unspecified atom stereocenters. The lowest BCUT2D eigenvalue weighted by molar-refractivity contribution is 0.0301. The summed E-state index contributed by atoms with van der Waals surface area (Å²) in [6, 6.07) is 5.31. The maximum Gasteiger partial charge on any atom is 0.338 e. The van der Waals surface area contributed by atoms with Crippen molar-refractivity contribution in [3.8, 4) is 0 Å². The Hall–Kier alpha value is -1.02. The predicted molar refractivity (Wildman–Crippen MR) is 50.0 cm³/mol. The SMILES string of the molecule is CC1Cc2c(Cl)cccc2C(=O)O1. The van der Waals surface area contributed by atoms with E-state index in [1.165, 1.54) is 0 Å². The van der Waals surface area contributed by atoms with E-state index in [0.717, 1.165) is 5.56 Å². The fourth-order valence-corrected chi connectivity index (χ4v) is 1.78. The molecule has 0 saturated carbocycles. The highest BCUT2D eigenvalue weighted by Crippen LogP contribution is 2.26. The molecule has 68 valence electrons. The third kappa shape index (κ3) is 1.42. The van der Waals surface area contributed by atoms with Crippen LogP contribution in [-0.2, 0) is 11.2 Å². The Morgan fingerprint density at radius 3 is 3.08 bits per heavy atom. The first-order valence-electron chi connectivity index (χ1n) is 4.17. The second kappa shape index (κ2) is 3.04. The fourth-order valence-electron chi connectivity index (χ4n) is 1.53. The average molecular weight is 197 g/mol.